The molecular formula is C6H8ClNO. The second kappa shape index (κ2) is 2.97. The summed E-state index contributed by atoms with van der Waals surface area (Å²) in [6.07, 6.45) is 2.91. The minimum atomic E-state index is -0.380. The number of carbonyl (C=O) groups is 1. The molecule has 0 amide bonds. The van der Waals surface area contributed by atoms with Crippen molar-refractivity contribution in [3.8, 4) is 0 Å². The average Bonchev–Trinajstić information content (AvgIpc) is 1.90. The van der Waals surface area contributed by atoms with Crippen LogP contribution in [0.4, 0.5) is 0 Å². The lowest BCUT2D eigenvalue weighted by molar-refractivity contribution is -0.106. The van der Waals surface area contributed by atoms with Crippen molar-refractivity contribution in [3.63, 3.8) is 0 Å². The highest BCUT2D eigenvalue weighted by Gasteiger charge is 2.10. The molecule has 0 aromatic carbocycles. The molecule has 0 radical (unpaired) electrons. The first-order chi connectivity index (χ1) is 4.30. The van der Waals surface area contributed by atoms with E-state index in [1.807, 2.05) is 0 Å². The molecule has 0 aromatic heterocycles. The number of hydrogen-bond acceptors (Lipinski definition) is 2. The Bertz CT molecular complexity index is 153. The molecule has 3 heteroatoms. The largest absolute Gasteiger partial charge is 0.285 e. The molecule has 0 N–H and O–H groups in total. The molecule has 0 atom stereocenters. The Morgan fingerprint density at radius 2 is 2.33 bits per heavy atom. The van der Waals surface area contributed by atoms with Crippen molar-refractivity contribution in [2.24, 2.45) is 4.99 Å². The van der Waals surface area contributed by atoms with Crippen LogP contribution in [0.25, 0.3) is 0 Å². The van der Waals surface area contributed by atoms with Gasteiger partial charge in [-0.05, 0) is 30.9 Å². The summed E-state index contributed by atoms with van der Waals surface area (Å²) in [4.78, 5) is 14.4. The fourth-order valence-electron chi connectivity index (χ4n) is 0.858. The third-order valence-corrected chi connectivity index (χ3v) is 1.57. The molecule has 0 aromatic rings. The van der Waals surface area contributed by atoms with Gasteiger partial charge in [0.2, 0.25) is 0 Å². The molecule has 1 heterocycles. The van der Waals surface area contributed by atoms with Crippen LogP contribution in [-0.4, -0.2) is 17.5 Å². The molecule has 0 saturated heterocycles. The Balaban J connectivity index is 2.57. The third-order valence-electron chi connectivity index (χ3n) is 1.35. The number of rotatable bonds is 1. The Hall–Kier alpha value is -0.370. The first-order valence-electron chi connectivity index (χ1n) is 3.04. The fourth-order valence-corrected chi connectivity index (χ4v) is 1.01. The lowest BCUT2D eigenvalue weighted by Gasteiger charge is -2.06. The van der Waals surface area contributed by atoms with Crippen molar-refractivity contribution in [2.75, 3.05) is 6.54 Å². The van der Waals surface area contributed by atoms with E-state index in [0.29, 0.717) is 5.71 Å². The second-order valence-electron chi connectivity index (χ2n) is 2.06. The maximum Gasteiger partial charge on any atom is 0.266 e. The number of halogens is 1. The van der Waals surface area contributed by atoms with Crippen LogP contribution in [0.1, 0.15) is 19.3 Å². The summed E-state index contributed by atoms with van der Waals surface area (Å²) < 4.78 is 0. The van der Waals surface area contributed by atoms with Gasteiger partial charge in [-0.2, -0.15) is 0 Å². The standard InChI is InChI=1S/C6H8ClNO/c7-6(9)5-3-1-2-4-8-5/h1-4H2. The van der Waals surface area contributed by atoms with Gasteiger partial charge in [-0.25, -0.2) is 0 Å². The van der Waals surface area contributed by atoms with E-state index in [-0.39, 0.29) is 5.24 Å². The molecule has 0 aliphatic carbocycles. The van der Waals surface area contributed by atoms with E-state index < -0.39 is 0 Å². The minimum Gasteiger partial charge on any atom is -0.285 e. The summed E-state index contributed by atoms with van der Waals surface area (Å²) >= 11 is 5.19. The van der Waals surface area contributed by atoms with Crippen LogP contribution in [0.15, 0.2) is 4.99 Å². The molecule has 0 spiro atoms. The number of hydrogen-bond donors (Lipinski definition) is 0. The zero-order valence-electron chi connectivity index (χ0n) is 5.06. The van der Waals surface area contributed by atoms with Gasteiger partial charge in [-0.3, -0.25) is 9.79 Å². The Morgan fingerprint density at radius 1 is 1.56 bits per heavy atom. The highest BCUT2D eigenvalue weighted by molar-refractivity contribution is 6.82. The molecule has 50 valence electrons. The minimum absolute atomic E-state index is 0.380. The summed E-state index contributed by atoms with van der Waals surface area (Å²) in [5.41, 5.74) is 0.558. The van der Waals surface area contributed by atoms with E-state index in [1.54, 1.807) is 0 Å². The first kappa shape index (κ1) is 6.75. The summed E-state index contributed by atoms with van der Waals surface area (Å²) in [7, 11) is 0. The Morgan fingerprint density at radius 3 is 2.67 bits per heavy atom. The molecule has 0 unspecified atom stereocenters. The van der Waals surface area contributed by atoms with Gasteiger partial charge in [0.05, 0.1) is 5.71 Å². The van der Waals surface area contributed by atoms with Gasteiger partial charge in [0, 0.05) is 6.54 Å². The highest BCUT2D eigenvalue weighted by atomic mass is 35.5. The van der Waals surface area contributed by atoms with Crippen molar-refractivity contribution in [1.29, 1.82) is 0 Å². The van der Waals surface area contributed by atoms with Crippen LogP contribution in [0, 0.1) is 0 Å². The molecule has 0 saturated carbocycles. The molecule has 1 rings (SSSR count). The molecule has 0 fully saturated rings. The van der Waals surface area contributed by atoms with Crippen molar-refractivity contribution in [3.05, 3.63) is 0 Å². The van der Waals surface area contributed by atoms with Crippen LogP contribution in [0.5, 0.6) is 0 Å². The molecule has 1 aliphatic heterocycles. The fraction of sp³-hybridized carbons (Fsp3) is 0.667. The van der Waals surface area contributed by atoms with Crippen LogP contribution in [-0.2, 0) is 4.79 Å². The quantitative estimate of drug-likeness (QED) is 0.513. The normalized spacial score (nSPS) is 19.0. The predicted molar refractivity (Wildman–Crippen MR) is 37.0 cm³/mol. The smallest absolute Gasteiger partial charge is 0.266 e. The van der Waals surface area contributed by atoms with E-state index >= 15 is 0 Å². The maximum atomic E-state index is 10.4. The van der Waals surface area contributed by atoms with Crippen molar-refractivity contribution in [2.45, 2.75) is 19.3 Å². The molecule has 1 aliphatic rings. The van der Waals surface area contributed by atoms with Gasteiger partial charge in [-0.15, -0.1) is 0 Å². The van der Waals surface area contributed by atoms with E-state index in [0.717, 1.165) is 25.8 Å². The van der Waals surface area contributed by atoms with Crippen LogP contribution in [0.2, 0.25) is 0 Å². The van der Waals surface area contributed by atoms with Crippen LogP contribution >= 0.6 is 11.6 Å². The lowest BCUT2D eigenvalue weighted by atomic mass is 10.1. The predicted octanol–water partition coefficient (Wildman–Crippen LogP) is 1.38. The van der Waals surface area contributed by atoms with Gasteiger partial charge >= 0.3 is 0 Å². The average molecular weight is 146 g/mol. The molecular weight excluding hydrogens is 138 g/mol. The lowest BCUT2D eigenvalue weighted by Crippen LogP contribution is -2.12. The van der Waals surface area contributed by atoms with Gasteiger partial charge in [-0.1, -0.05) is 0 Å². The third kappa shape index (κ3) is 1.79. The summed E-state index contributed by atoms with van der Waals surface area (Å²) in [6.45, 7) is 0.772. The van der Waals surface area contributed by atoms with Crippen LogP contribution < -0.4 is 0 Å². The molecule has 2 nitrogen and oxygen atoms in total. The van der Waals surface area contributed by atoms with E-state index in [2.05, 4.69) is 4.99 Å². The summed E-state index contributed by atoms with van der Waals surface area (Å²) in [5.74, 6) is 0. The molecule has 9 heavy (non-hydrogen) atoms. The van der Waals surface area contributed by atoms with E-state index in [9.17, 15) is 4.79 Å². The van der Waals surface area contributed by atoms with E-state index in [4.69, 9.17) is 11.6 Å². The monoisotopic (exact) mass is 145 g/mol. The Kier molecular flexibility index (Phi) is 2.22. The van der Waals surface area contributed by atoms with Crippen molar-refractivity contribution < 1.29 is 4.79 Å². The zero-order valence-corrected chi connectivity index (χ0v) is 5.82. The topological polar surface area (TPSA) is 29.4 Å². The summed E-state index contributed by atoms with van der Waals surface area (Å²) in [5, 5.41) is -0.380. The van der Waals surface area contributed by atoms with Crippen LogP contribution in [0.3, 0.4) is 0 Å². The first-order valence-corrected chi connectivity index (χ1v) is 3.41. The highest BCUT2D eigenvalue weighted by Crippen LogP contribution is 2.07. The van der Waals surface area contributed by atoms with Crippen molar-refractivity contribution in [1.82, 2.24) is 0 Å². The maximum absolute atomic E-state index is 10.4. The summed E-state index contributed by atoms with van der Waals surface area (Å²) in [6, 6.07) is 0. The van der Waals surface area contributed by atoms with Gasteiger partial charge in [0.25, 0.3) is 5.24 Å². The van der Waals surface area contributed by atoms with Crippen molar-refractivity contribution >= 4 is 22.6 Å². The number of nitrogens with zero attached hydrogens (tertiary/aromatic N) is 1. The number of carbonyl (C=O) groups excluding carboxylic acids is 1. The van der Waals surface area contributed by atoms with Gasteiger partial charge in [0.1, 0.15) is 0 Å². The zero-order chi connectivity index (χ0) is 6.69. The SMILES string of the molecule is O=C(Cl)C1=NCCCC1. The Labute approximate surface area is 58.9 Å². The van der Waals surface area contributed by atoms with Gasteiger partial charge < -0.3 is 0 Å². The van der Waals surface area contributed by atoms with E-state index in [1.165, 1.54) is 0 Å². The molecule has 0 bridgehead atoms. The second-order valence-corrected chi connectivity index (χ2v) is 2.40. The number of aliphatic imine (C=N–C) groups is 1. The van der Waals surface area contributed by atoms with Gasteiger partial charge in [0.15, 0.2) is 0 Å².